The number of nitrogens with zero attached hydrogens (tertiary/aromatic N) is 4. The number of amides is 1. The minimum atomic E-state index is -0.0297. The predicted octanol–water partition coefficient (Wildman–Crippen LogP) is 1.14. The fourth-order valence-electron chi connectivity index (χ4n) is 2.42. The molecule has 0 radical (unpaired) electrons. The average molecular weight is 279 g/mol. The summed E-state index contributed by atoms with van der Waals surface area (Å²) >= 11 is 0. The number of likely N-dealkylation sites (tertiary alicyclic amines) is 1. The largest absolute Gasteiger partial charge is 0.337 e. The van der Waals surface area contributed by atoms with E-state index in [9.17, 15) is 4.79 Å². The van der Waals surface area contributed by atoms with E-state index in [0.29, 0.717) is 24.7 Å². The minimum Gasteiger partial charge on any atom is -0.337 e. The van der Waals surface area contributed by atoms with Crippen LogP contribution in [-0.4, -0.2) is 45.4 Å². The Morgan fingerprint density at radius 3 is 2.90 bits per heavy atom. The lowest BCUT2D eigenvalue weighted by Crippen LogP contribution is -2.34. The first-order chi connectivity index (χ1) is 9.43. The van der Waals surface area contributed by atoms with Crippen LogP contribution >= 0.6 is 0 Å². The van der Waals surface area contributed by atoms with Gasteiger partial charge in [-0.1, -0.05) is 26.0 Å². The maximum atomic E-state index is 12.4. The van der Waals surface area contributed by atoms with Crippen LogP contribution in [0.3, 0.4) is 0 Å². The number of hydrogen-bond acceptors (Lipinski definition) is 4. The second-order valence-electron chi connectivity index (χ2n) is 6.54. The van der Waals surface area contributed by atoms with E-state index in [-0.39, 0.29) is 11.3 Å². The van der Waals surface area contributed by atoms with Gasteiger partial charge in [-0.05, 0) is 30.7 Å². The number of carbonyl (C=O) groups excluding carboxylic acids is 1. The molecule has 1 amide bonds. The minimum absolute atomic E-state index is 0.0297. The molecule has 6 heteroatoms. The molecule has 6 nitrogen and oxygen atoms in total. The van der Waals surface area contributed by atoms with Crippen molar-refractivity contribution in [1.82, 2.24) is 19.9 Å². The summed E-state index contributed by atoms with van der Waals surface area (Å²) in [6.45, 7) is 9.34. The summed E-state index contributed by atoms with van der Waals surface area (Å²) in [5.41, 5.74) is 6.26. The number of aryl methyl sites for hydroxylation is 1. The summed E-state index contributed by atoms with van der Waals surface area (Å²) in [7, 11) is 0. The average Bonchev–Trinajstić information content (AvgIpc) is 3.03. The van der Waals surface area contributed by atoms with E-state index in [1.54, 1.807) is 10.9 Å². The molecule has 0 aliphatic carbocycles. The van der Waals surface area contributed by atoms with E-state index in [1.807, 2.05) is 4.90 Å². The zero-order chi connectivity index (χ0) is 14.8. The van der Waals surface area contributed by atoms with Crippen LogP contribution in [0, 0.1) is 11.3 Å². The highest BCUT2D eigenvalue weighted by atomic mass is 16.2. The molecule has 0 bridgehead atoms. The third-order valence-electron chi connectivity index (χ3n) is 4.03. The topological polar surface area (TPSA) is 77.0 Å². The summed E-state index contributed by atoms with van der Waals surface area (Å²) in [6.07, 6.45) is 3.74. The van der Waals surface area contributed by atoms with Crippen LogP contribution in [0.5, 0.6) is 0 Å². The van der Waals surface area contributed by atoms with E-state index in [4.69, 9.17) is 5.73 Å². The molecule has 1 aliphatic heterocycles. The number of nitrogens with two attached hydrogens (primary N) is 1. The molecule has 1 aromatic heterocycles. The number of carbonyl (C=O) groups is 1. The number of aromatic nitrogens is 3. The van der Waals surface area contributed by atoms with Gasteiger partial charge in [-0.3, -0.25) is 9.48 Å². The van der Waals surface area contributed by atoms with E-state index in [1.165, 1.54) is 0 Å². The molecule has 0 aromatic carbocycles. The Kier molecular flexibility index (Phi) is 4.42. The smallest absolute Gasteiger partial charge is 0.276 e. The molecular formula is C14H25N5O. The highest BCUT2D eigenvalue weighted by Gasteiger charge is 2.35. The van der Waals surface area contributed by atoms with Gasteiger partial charge in [0, 0.05) is 19.6 Å². The maximum Gasteiger partial charge on any atom is 0.276 e. The van der Waals surface area contributed by atoms with Crippen molar-refractivity contribution in [2.24, 2.45) is 17.1 Å². The molecule has 0 saturated carbocycles. The van der Waals surface area contributed by atoms with Crippen LogP contribution in [0.1, 0.15) is 44.1 Å². The van der Waals surface area contributed by atoms with E-state index in [2.05, 4.69) is 31.1 Å². The van der Waals surface area contributed by atoms with Crippen molar-refractivity contribution in [3.63, 3.8) is 0 Å². The van der Waals surface area contributed by atoms with Gasteiger partial charge in [-0.15, -0.1) is 5.10 Å². The van der Waals surface area contributed by atoms with Gasteiger partial charge >= 0.3 is 0 Å². The summed E-state index contributed by atoms with van der Waals surface area (Å²) in [5, 5.41) is 8.03. The van der Waals surface area contributed by atoms with E-state index < -0.39 is 0 Å². The second-order valence-corrected chi connectivity index (χ2v) is 6.54. The SMILES string of the molecule is CC(C)CCn1cc(C(=O)N2CCC(C)(CN)C2)nn1. The van der Waals surface area contributed by atoms with Gasteiger partial charge in [-0.2, -0.15) is 0 Å². The molecule has 1 atom stereocenters. The van der Waals surface area contributed by atoms with Crippen LogP contribution < -0.4 is 5.73 Å². The third kappa shape index (κ3) is 3.36. The molecule has 0 spiro atoms. The second kappa shape index (κ2) is 5.91. The van der Waals surface area contributed by atoms with Gasteiger partial charge in [0.25, 0.3) is 5.91 Å². The fourth-order valence-corrected chi connectivity index (χ4v) is 2.42. The standard InChI is InChI=1S/C14H25N5O/c1-11(2)4-6-19-8-12(16-17-19)13(20)18-7-5-14(3,9-15)10-18/h8,11H,4-7,9-10,15H2,1-3H3. The molecule has 2 heterocycles. The zero-order valence-corrected chi connectivity index (χ0v) is 12.7. The van der Waals surface area contributed by atoms with Crippen LogP contribution in [0.25, 0.3) is 0 Å². The van der Waals surface area contributed by atoms with Crippen LogP contribution in [0.4, 0.5) is 0 Å². The highest BCUT2D eigenvalue weighted by Crippen LogP contribution is 2.29. The Balaban J connectivity index is 1.96. The highest BCUT2D eigenvalue weighted by molar-refractivity contribution is 5.92. The fraction of sp³-hybridized carbons (Fsp3) is 0.786. The quantitative estimate of drug-likeness (QED) is 0.876. The van der Waals surface area contributed by atoms with Gasteiger partial charge in [0.2, 0.25) is 0 Å². The third-order valence-corrected chi connectivity index (χ3v) is 4.03. The number of hydrogen-bond donors (Lipinski definition) is 1. The molecule has 2 N–H and O–H groups in total. The van der Waals surface area contributed by atoms with Crippen molar-refractivity contribution in [2.45, 2.75) is 40.2 Å². The van der Waals surface area contributed by atoms with Crippen molar-refractivity contribution in [3.8, 4) is 0 Å². The Bertz CT molecular complexity index is 470. The van der Waals surface area contributed by atoms with Crippen molar-refractivity contribution in [1.29, 1.82) is 0 Å². The normalized spacial score (nSPS) is 22.8. The Hall–Kier alpha value is -1.43. The lowest BCUT2D eigenvalue weighted by atomic mass is 9.90. The summed E-state index contributed by atoms with van der Waals surface area (Å²) in [5.74, 6) is 0.583. The summed E-state index contributed by atoms with van der Waals surface area (Å²) < 4.78 is 1.76. The monoisotopic (exact) mass is 279 g/mol. The first-order valence-electron chi connectivity index (χ1n) is 7.33. The van der Waals surface area contributed by atoms with Gasteiger partial charge in [0.15, 0.2) is 5.69 Å². The first kappa shape index (κ1) is 15.0. The van der Waals surface area contributed by atoms with Crippen LogP contribution in [0.2, 0.25) is 0 Å². The number of rotatable bonds is 5. The van der Waals surface area contributed by atoms with Crippen molar-refractivity contribution >= 4 is 5.91 Å². The van der Waals surface area contributed by atoms with Crippen LogP contribution in [-0.2, 0) is 6.54 Å². The van der Waals surface area contributed by atoms with Crippen molar-refractivity contribution in [2.75, 3.05) is 19.6 Å². The van der Waals surface area contributed by atoms with Gasteiger partial charge in [0.1, 0.15) is 0 Å². The van der Waals surface area contributed by atoms with Crippen molar-refractivity contribution < 1.29 is 4.79 Å². The zero-order valence-electron chi connectivity index (χ0n) is 12.7. The van der Waals surface area contributed by atoms with Crippen LogP contribution in [0.15, 0.2) is 6.20 Å². The van der Waals surface area contributed by atoms with E-state index in [0.717, 1.165) is 25.9 Å². The molecule has 1 aromatic rings. The Labute approximate surface area is 120 Å². The van der Waals surface area contributed by atoms with Gasteiger partial charge < -0.3 is 10.6 Å². The molecule has 1 fully saturated rings. The molecule has 112 valence electrons. The summed E-state index contributed by atoms with van der Waals surface area (Å²) in [4.78, 5) is 14.2. The maximum absolute atomic E-state index is 12.4. The van der Waals surface area contributed by atoms with Gasteiger partial charge in [0.05, 0.1) is 6.20 Å². The molecule has 20 heavy (non-hydrogen) atoms. The molecule has 1 saturated heterocycles. The molecule has 2 rings (SSSR count). The molecule has 1 aliphatic rings. The Morgan fingerprint density at radius 2 is 2.30 bits per heavy atom. The molecular weight excluding hydrogens is 254 g/mol. The van der Waals surface area contributed by atoms with Crippen molar-refractivity contribution in [3.05, 3.63) is 11.9 Å². The lowest BCUT2D eigenvalue weighted by molar-refractivity contribution is 0.0771. The lowest BCUT2D eigenvalue weighted by Gasteiger charge is -2.21. The predicted molar refractivity (Wildman–Crippen MR) is 77.2 cm³/mol. The molecule has 1 unspecified atom stereocenters. The Morgan fingerprint density at radius 1 is 1.55 bits per heavy atom. The summed E-state index contributed by atoms with van der Waals surface area (Å²) in [6, 6.07) is 0. The van der Waals surface area contributed by atoms with Gasteiger partial charge in [-0.25, -0.2) is 0 Å². The van der Waals surface area contributed by atoms with E-state index >= 15 is 0 Å². The first-order valence-corrected chi connectivity index (χ1v) is 7.33.